The standard InChI is InChI=1S/C7H12F4O4S/c1-2-4-15-5-3-6(8,9)7(10,11)16(12,13)14/h2-5H2,1H3,(H,12,13,14). The van der Waals surface area contributed by atoms with Gasteiger partial charge in [-0.1, -0.05) is 6.92 Å². The average Bonchev–Trinajstić information content (AvgIpc) is 2.10. The highest BCUT2D eigenvalue weighted by Crippen LogP contribution is 2.40. The summed E-state index contributed by atoms with van der Waals surface area (Å²) >= 11 is 0. The monoisotopic (exact) mass is 268 g/mol. The van der Waals surface area contributed by atoms with Gasteiger partial charge in [-0.3, -0.25) is 4.55 Å². The summed E-state index contributed by atoms with van der Waals surface area (Å²) in [6.45, 7) is 1.07. The van der Waals surface area contributed by atoms with Crippen molar-refractivity contribution in [2.75, 3.05) is 13.2 Å². The molecule has 0 aliphatic carbocycles. The Bertz CT molecular complexity index is 314. The zero-order valence-corrected chi connectivity index (χ0v) is 9.24. The molecule has 1 N–H and O–H groups in total. The Morgan fingerprint density at radius 2 is 1.69 bits per heavy atom. The van der Waals surface area contributed by atoms with Gasteiger partial charge < -0.3 is 4.74 Å². The van der Waals surface area contributed by atoms with Crippen LogP contribution in [-0.2, 0) is 14.9 Å². The van der Waals surface area contributed by atoms with Crippen LogP contribution >= 0.6 is 0 Å². The van der Waals surface area contributed by atoms with E-state index >= 15 is 0 Å². The molecule has 0 aliphatic rings. The number of hydrogen-bond donors (Lipinski definition) is 1. The van der Waals surface area contributed by atoms with Crippen LogP contribution < -0.4 is 0 Å². The number of halogens is 4. The first-order valence-corrected chi connectivity index (χ1v) is 5.80. The molecule has 0 saturated carbocycles. The minimum Gasteiger partial charge on any atom is -0.381 e. The fraction of sp³-hybridized carbons (Fsp3) is 1.00. The molecule has 0 saturated heterocycles. The van der Waals surface area contributed by atoms with E-state index < -0.39 is 34.3 Å². The molecule has 0 amide bonds. The maximum Gasteiger partial charge on any atom is 0.431 e. The van der Waals surface area contributed by atoms with Gasteiger partial charge in [0.1, 0.15) is 0 Å². The molecule has 98 valence electrons. The summed E-state index contributed by atoms with van der Waals surface area (Å²) in [5.74, 6) is -4.87. The maximum absolute atomic E-state index is 12.8. The SMILES string of the molecule is CCCOCCC(F)(F)C(F)(F)S(=O)(=O)O. The van der Waals surface area contributed by atoms with E-state index in [0.29, 0.717) is 6.42 Å². The van der Waals surface area contributed by atoms with E-state index in [2.05, 4.69) is 4.74 Å². The van der Waals surface area contributed by atoms with Crippen LogP contribution in [0.1, 0.15) is 19.8 Å². The summed E-state index contributed by atoms with van der Waals surface area (Å²) in [6, 6.07) is 0. The van der Waals surface area contributed by atoms with Crippen molar-refractivity contribution in [2.45, 2.75) is 30.9 Å². The highest BCUT2D eigenvalue weighted by atomic mass is 32.2. The molecule has 0 aromatic carbocycles. The Hall–Kier alpha value is -0.410. The predicted molar refractivity (Wildman–Crippen MR) is 47.2 cm³/mol. The number of rotatable bonds is 7. The van der Waals surface area contributed by atoms with Crippen molar-refractivity contribution in [2.24, 2.45) is 0 Å². The third-order valence-corrected chi connectivity index (χ3v) is 2.61. The van der Waals surface area contributed by atoms with Gasteiger partial charge in [0.05, 0.1) is 6.61 Å². The second-order valence-electron chi connectivity index (χ2n) is 3.06. The molecule has 0 fully saturated rings. The van der Waals surface area contributed by atoms with E-state index in [-0.39, 0.29) is 6.61 Å². The van der Waals surface area contributed by atoms with Gasteiger partial charge in [-0.2, -0.15) is 26.0 Å². The lowest BCUT2D eigenvalue weighted by Crippen LogP contribution is -2.47. The van der Waals surface area contributed by atoms with E-state index in [0.717, 1.165) is 0 Å². The molecule has 0 unspecified atom stereocenters. The minimum absolute atomic E-state index is 0.105. The second-order valence-corrected chi connectivity index (χ2v) is 4.52. The van der Waals surface area contributed by atoms with Gasteiger partial charge >= 0.3 is 21.3 Å². The molecule has 16 heavy (non-hydrogen) atoms. The van der Waals surface area contributed by atoms with Crippen molar-refractivity contribution in [3.05, 3.63) is 0 Å². The predicted octanol–water partition coefficient (Wildman–Crippen LogP) is 1.92. The van der Waals surface area contributed by atoms with Crippen molar-refractivity contribution < 1.29 is 35.3 Å². The molecule has 0 rings (SSSR count). The fourth-order valence-electron chi connectivity index (χ4n) is 0.781. The third kappa shape index (κ3) is 3.56. The Balaban J connectivity index is 4.54. The quantitative estimate of drug-likeness (QED) is 0.435. The first-order chi connectivity index (χ1) is 7.06. The molecule has 4 nitrogen and oxygen atoms in total. The zero-order chi connectivity index (χ0) is 13.0. The number of alkyl halides is 4. The van der Waals surface area contributed by atoms with E-state index in [4.69, 9.17) is 4.55 Å². The van der Waals surface area contributed by atoms with Gasteiger partial charge in [-0.05, 0) is 6.42 Å². The van der Waals surface area contributed by atoms with Crippen molar-refractivity contribution in [1.82, 2.24) is 0 Å². The Morgan fingerprint density at radius 3 is 2.06 bits per heavy atom. The molecule has 0 heterocycles. The fourth-order valence-corrected chi connectivity index (χ4v) is 1.26. The number of hydrogen-bond acceptors (Lipinski definition) is 3. The lowest BCUT2D eigenvalue weighted by molar-refractivity contribution is -0.170. The van der Waals surface area contributed by atoms with E-state index in [1.807, 2.05) is 0 Å². The van der Waals surface area contributed by atoms with E-state index in [1.54, 1.807) is 6.92 Å². The molecule has 9 heteroatoms. The minimum atomic E-state index is -6.14. The summed E-state index contributed by atoms with van der Waals surface area (Å²) in [7, 11) is -6.14. The summed E-state index contributed by atoms with van der Waals surface area (Å²) in [6.07, 6.45) is -0.972. The lowest BCUT2D eigenvalue weighted by Gasteiger charge is -2.23. The van der Waals surface area contributed by atoms with Gasteiger partial charge in [-0.25, -0.2) is 0 Å². The molecule has 0 bridgehead atoms. The molecule has 0 atom stereocenters. The summed E-state index contributed by atoms with van der Waals surface area (Å²) in [4.78, 5) is 0. The zero-order valence-electron chi connectivity index (χ0n) is 8.42. The maximum atomic E-state index is 12.8. The van der Waals surface area contributed by atoms with Crippen molar-refractivity contribution in [3.8, 4) is 0 Å². The van der Waals surface area contributed by atoms with Gasteiger partial charge in [0, 0.05) is 13.0 Å². The summed E-state index contributed by atoms with van der Waals surface area (Å²) < 4.78 is 83.3. The van der Waals surface area contributed by atoms with Gasteiger partial charge in [0.15, 0.2) is 0 Å². The smallest absolute Gasteiger partial charge is 0.381 e. The van der Waals surface area contributed by atoms with Gasteiger partial charge in [-0.15, -0.1) is 0 Å². The van der Waals surface area contributed by atoms with Gasteiger partial charge in [0.2, 0.25) is 0 Å². The number of ether oxygens (including phenoxy) is 1. The molecule has 0 aromatic rings. The summed E-state index contributed by atoms with van der Waals surface area (Å²) in [5.41, 5.74) is 0. The van der Waals surface area contributed by atoms with Crippen LogP contribution in [0.5, 0.6) is 0 Å². The molecule has 0 aliphatic heterocycles. The first-order valence-electron chi connectivity index (χ1n) is 4.36. The summed E-state index contributed by atoms with van der Waals surface area (Å²) in [5, 5.41) is -5.50. The Labute approximate surface area is 90.3 Å². The highest BCUT2D eigenvalue weighted by molar-refractivity contribution is 7.87. The van der Waals surface area contributed by atoms with Crippen LogP contribution in [-0.4, -0.2) is 37.4 Å². The Kier molecular flexibility index (Phi) is 5.15. The molecular weight excluding hydrogens is 256 g/mol. The van der Waals surface area contributed by atoms with E-state index in [1.165, 1.54) is 0 Å². The van der Waals surface area contributed by atoms with Crippen LogP contribution in [0.2, 0.25) is 0 Å². The van der Waals surface area contributed by atoms with E-state index in [9.17, 15) is 26.0 Å². The second kappa shape index (κ2) is 5.28. The van der Waals surface area contributed by atoms with Crippen LogP contribution in [0.25, 0.3) is 0 Å². The van der Waals surface area contributed by atoms with Crippen LogP contribution in [0.15, 0.2) is 0 Å². The topological polar surface area (TPSA) is 63.6 Å². The molecule has 0 radical (unpaired) electrons. The molecular formula is C7H12F4O4S. The van der Waals surface area contributed by atoms with Crippen molar-refractivity contribution in [1.29, 1.82) is 0 Å². The average molecular weight is 268 g/mol. The highest BCUT2D eigenvalue weighted by Gasteiger charge is 2.65. The third-order valence-electron chi connectivity index (χ3n) is 1.66. The molecule has 0 aromatic heterocycles. The van der Waals surface area contributed by atoms with Crippen LogP contribution in [0.3, 0.4) is 0 Å². The first kappa shape index (κ1) is 15.6. The lowest BCUT2D eigenvalue weighted by atomic mass is 10.2. The normalized spacial score (nSPS) is 14.1. The molecule has 0 spiro atoms. The van der Waals surface area contributed by atoms with Gasteiger partial charge in [0.25, 0.3) is 0 Å². The Morgan fingerprint density at radius 1 is 1.19 bits per heavy atom. The van der Waals surface area contributed by atoms with Crippen LogP contribution in [0, 0.1) is 0 Å². The van der Waals surface area contributed by atoms with Crippen molar-refractivity contribution >= 4 is 10.1 Å². The largest absolute Gasteiger partial charge is 0.431 e. The van der Waals surface area contributed by atoms with Crippen LogP contribution in [0.4, 0.5) is 17.6 Å². The van der Waals surface area contributed by atoms with Crippen molar-refractivity contribution in [3.63, 3.8) is 0 Å².